The highest BCUT2D eigenvalue weighted by atomic mass is 19.1. The molecule has 1 amide bonds. The number of rotatable bonds is 6. The van der Waals surface area contributed by atoms with Gasteiger partial charge in [-0.05, 0) is 60.2 Å². The van der Waals surface area contributed by atoms with Crippen LogP contribution in [0, 0.1) is 5.82 Å². The smallest absolute Gasteiger partial charge is 0.251 e. The zero-order chi connectivity index (χ0) is 23.7. The van der Waals surface area contributed by atoms with Gasteiger partial charge >= 0.3 is 0 Å². The minimum Gasteiger partial charge on any atom is -0.349 e. The molecule has 1 fully saturated rings. The minimum absolute atomic E-state index is 0.0462. The van der Waals surface area contributed by atoms with Crippen LogP contribution in [0.2, 0.25) is 0 Å². The molecule has 3 aromatic carbocycles. The molecular weight excluding hydrogens is 425 g/mol. The number of halogens is 1. The van der Waals surface area contributed by atoms with Gasteiger partial charge in [0.25, 0.3) is 5.91 Å². The van der Waals surface area contributed by atoms with Crippen LogP contribution in [0.25, 0.3) is 22.4 Å². The molecule has 0 saturated heterocycles. The summed E-state index contributed by atoms with van der Waals surface area (Å²) in [5.41, 5.74) is 5.42. The van der Waals surface area contributed by atoms with E-state index in [1.54, 1.807) is 12.1 Å². The molecule has 0 bridgehead atoms. The summed E-state index contributed by atoms with van der Waals surface area (Å²) in [6.45, 7) is 4.81. The summed E-state index contributed by atoms with van der Waals surface area (Å²) in [4.78, 5) is 17.9. The zero-order valence-electron chi connectivity index (χ0n) is 19.7. The molecule has 174 valence electrons. The normalized spacial score (nSPS) is 14.2. The number of imidazole rings is 1. The van der Waals surface area contributed by atoms with E-state index in [9.17, 15) is 9.18 Å². The van der Waals surface area contributed by atoms with E-state index in [0.717, 1.165) is 40.8 Å². The second-order valence-electron chi connectivity index (χ2n) is 9.59. The van der Waals surface area contributed by atoms with Crippen molar-refractivity contribution >= 4 is 16.9 Å². The lowest BCUT2D eigenvalue weighted by Gasteiger charge is -2.13. The molecule has 0 radical (unpaired) electrons. The Kier molecular flexibility index (Phi) is 6.18. The van der Waals surface area contributed by atoms with Crippen molar-refractivity contribution in [2.24, 2.45) is 0 Å². The first-order chi connectivity index (χ1) is 16.5. The van der Waals surface area contributed by atoms with Gasteiger partial charge in [-0.2, -0.15) is 0 Å². The van der Waals surface area contributed by atoms with Crippen molar-refractivity contribution in [2.75, 3.05) is 0 Å². The van der Waals surface area contributed by atoms with E-state index < -0.39 is 0 Å². The van der Waals surface area contributed by atoms with Crippen LogP contribution >= 0.6 is 0 Å². The first kappa shape index (κ1) is 22.3. The molecule has 1 N–H and O–H groups in total. The predicted octanol–water partition coefficient (Wildman–Crippen LogP) is 6.69. The summed E-state index contributed by atoms with van der Waals surface area (Å²) >= 11 is 0. The van der Waals surface area contributed by atoms with Crippen LogP contribution < -0.4 is 5.32 Å². The topological polar surface area (TPSA) is 46.9 Å². The van der Waals surface area contributed by atoms with Crippen LogP contribution in [0.1, 0.15) is 66.9 Å². The standard InChI is InChI=1S/C29H30FN3O/c1-19(2)21-10-12-22(13-11-21)28-32-26-15-14-23(29(34)31-25-8-3-4-9-25)17-27(26)33(28)18-20-6-5-7-24(30)16-20/h5-7,10-17,19,25H,3-4,8-9,18H2,1-2H3,(H,31,34). The van der Waals surface area contributed by atoms with Gasteiger partial charge in [0.05, 0.1) is 11.0 Å². The Morgan fingerprint density at radius 1 is 1.06 bits per heavy atom. The lowest BCUT2D eigenvalue weighted by atomic mass is 10.0. The Hall–Kier alpha value is -3.47. The van der Waals surface area contributed by atoms with E-state index in [1.165, 1.54) is 24.5 Å². The monoisotopic (exact) mass is 455 g/mol. The summed E-state index contributed by atoms with van der Waals surface area (Å²) < 4.78 is 16.0. The van der Waals surface area contributed by atoms with Gasteiger partial charge in [0, 0.05) is 23.7 Å². The van der Waals surface area contributed by atoms with Crippen LogP contribution in [0.15, 0.2) is 66.7 Å². The third-order valence-electron chi connectivity index (χ3n) is 6.77. The van der Waals surface area contributed by atoms with Gasteiger partial charge in [-0.3, -0.25) is 4.79 Å². The number of aromatic nitrogens is 2. The van der Waals surface area contributed by atoms with Gasteiger partial charge in [0.15, 0.2) is 0 Å². The number of fused-ring (bicyclic) bond motifs is 1. The molecule has 1 heterocycles. The highest BCUT2D eigenvalue weighted by molar-refractivity contribution is 5.98. The van der Waals surface area contributed by atoms with Gasteiger partial charge in [-0.25, -0.2) is 9.37 Å². The van der Waals surface area contributed by atoms with Gasteiger partial charge in [0.1, 0.15) is 11.6 Å². The maximum atomic E-state index is 13.9. The molecule has 1 aliphatic rings. The largest absolute Gasteiger partial charge is 0.349 e. The maximum Gasteiger partial charge on any atom is 0.251 e. The highest BCUT2D eigenvalue weighted by Gasteiger charge is 2.20. The van der Waals surface area contributed by atoms with Crippen molar-refractivity contribution in [1.82, 2.24) is 14.9 Å². The van der Waals surface area contributed by atoms with Crippen molar-refractivity contribution in [3.8, 4) is 11.4 Å². The SMILES string of the molecule is CC(C)c1ccc(-c2nc3ccc(C(=O)NC4CCCC4)cc3n2Cc2cccc(F)c2)cc1. The quantitative estimate of drug-likeness (QED) is 0.352. The fourth-order valence-corrected chi connectivity index (χ4v) is 4.82. The van der Waals surface area contributed by atoms with E-state index in [-0.39, 0.29) is 17.8 Å². The summed E-state index contributed by atoms with van der Waals surface area (Å²) in [7, 11) is 0. The van der Waals surface area contributed by atoms with E-state index in [2.05, 4.69) is 48.0 Å². The van der Waals surface area contributed by atoms with Crippen molar-refractivity contribution in [3.05, 3.63) is 89.2 Å². The molecule has 4 aromatic rings. The zero-order valence-corrected chi connectivity index (χ0v) is 19.7. The van der Waals surface area contributed by atoms with Crippen molar-refractivity contribution < 1.29 is 9.18 Å². The van der Waals surface area contributed by atoms with Crippen molar-refractivity contribution in [2.45, 2.75) is 58.0 Å². The Labute approximate surface area is 199 Å². The van der Waals surface area contributed by atoms with Crippen molar-refractivity contribution in [3.63, 3.8) is 0 Å². The van der Waals surface area contributed by atoms with Gasteiger partial charge in [-0.1, -0.05) is 63.1 Å². The van der Waals surface area contributed by atoms with Gasteiger partial charge in [0.2, 0.25) is 0 Å². The van der Waals surface area contributed by atoms with Crippen LogP contribution in [0.5, 0.6) is 0 Å². The average molecular weight is 456 g/mol. The average Bonchev–Trinajstić information content (AvgIpc) is 3.47. The number of nitrogens with one attached hydrogen (secondary N) is 1. The molecule has 0 spiro atoms. The van der Waals surface area contributed by atoms with Crippen LogP contribution in [-0.2, 0) is 6.54 Å². The Morgan fingerprint density at radius 3 is 2.53 bits per heavy atom. The number of carbonyl (C=O) groups is 1. The highest BCUT2D eigenvalue weighted by Crippen LogP contribution is 2.28. The fraction of sp³-hybridized carbons (Fsp3) is 0.310. The molecule has 5 rings (SSSR count). The number of nitrogens with zero attached hydrogens (tertiary/aromatic N) is 2. The van der Waals surface area contributed by atoms with Crippen molar-refractivity contribution in [1.29, 1.82) is 0 Å². The minimum atomic E-state index is -0.263. The molecular formula is C29H30FN3O. The third-order valence-corrected chi connectivity index (χ3v) is 6.77. The molecule has 4 nitrogen and oxygen atoms in total. The number of amides is 1. The van der Waals surface area contributed by atoms with Crippen LogP contribution in [-0.4, -0.2) is 21.5 Å². The summed E-state index contributed by atoms with van der Waals surface area (Å²) in [5.74, 6) is 0.945. The molecule has 0 aliphatic heterocycles. The Balaban J connectivity index is 1.57. The van der Waals surface area contributed by atoms with Crippen LogP contribution in [0.4, 0.5) is 4.39 Å². The van der Waals surface area contributed by atoms with E-state index >= 15 is 0 Å². The third kappa shape index (κ3) is 4.60. The second kappa shape index (κ2) is 9.41. The molecule has 0 atom stereocenters. The molecule has 5 heteroatoms. The van der Waals surface area contributed by atoms with E-state index in [0.29, 0.717) is 18.0 Å². The van der Waals surface area contributed by atoms with Crippen LogP contribution in [0.3, 0.4) is 0 Å². The summed E-state index contributed by atoms with van der Waals surface area (Å²) in [6, 6.07) is 21.0. The summed E-state index contributed by atoms with van der Waals surface area (Å²) in [5, 5.41) is 3.17. The number of benzene rings is 3. The predicted molar refractivity (Wildman–Crippen MR) is 134 cm³/mol. The first-order valence-corrected chi connectivity index (χ1v) is 12.1. The lowest BCUT2D eigenvalue weighted by molar-refractivity contribution is 0.0938. The number of carbonyl (C=O) groups excluding carboxylic acids is 1. The lowest BCUT2D eigenvalue weighted by Crippen LogP contribution is -2.32. The fourth-order valence-electron chi connectivity index (χ4n) is 4.82. The molecule has 1 saturated carbocycles. The Bertz CT molecular complexity index is 1320. The number of hydrogen-bond acceptors (Lipinski definition) is 2. The van der Waals surface area contributed by atoms with Gasteiger partial charge in [-0.15, -0.1) is 0 Å². The second-order valence-corrected chi connectivity index (χ2v) is 9.59. The molecule has 0 unspecified atom stereocenters. The molecule has 34 heavy (non-hydrogen) atoms. The Morgan fingerprint density at radius 2 is 1.82 bits per heavy atom. The summed E-state index contributed by atoms with van der Waals surface area (Å²) in [6.07, 6.45) is 4.43. The van der Waals surface area contributed by atoms with E-state index in [1.807, 2.05) is 24.3 Å². The molecule has 1 aliphatic carbocycles. The maximum absolute atomic E-state index is 13.9. The first-order valence-electron chi connectivity index (χ1n) is 12.1. The number of hydrogen-bond donors (Lipinski definition) is 1. The van der Waals surface area contributed by atoms with Gasteiger partial charge < -0.3 is 9.88 Å². The molecule has 1 aromatic heterocycles. The van der Waals surface area contributed by atoms with E-state index in [4.69, 9.17) is 4.98 Å².